The monoisotopic (exact) mass is 503 g/mol. The highest BCUT2D eigenvalue weighted by atomic mass is 35.5. The molecule has 1 amide bonds. The van der Waals surface area contributed by atoms with E-state index in [1.54, 1.807) is 61.7 Å². The van der Waals surface area contributed by atoms with Crippen molar-refractivity contribution in [3.63, 3.8) is 0 Å². The molecule has 1 N–H and O–H groups in total. The van der Waals surface area contributed by atoms with E-state index in [2.05, 4.69) is 20.4 Å². The molecular weight excluding hydrogens is 485 g/mol. The number of ether oxygens (including phenoxy) is 2. The van der Waals surface area contributed by atoms with Crippen LogP contribution in [0.2, 0.25) is 5.02 Å². The summed E-state index contributed by atoms with van der Waals surface area (Å²) in [6.45, 7) is 1.81. The highest BCUT2D eigenvalue weighted by molar-refractivity contribution is 6.32. The molecule has 180 valence electrons. The smallest absolute Gasteiger partial charge is 0.274 e. The molecule has 3 heterocycles. The zero-order valence-corrected chi connectivity index (χ0v) is 20.0. The molecule has 36 heavy (non-hydrogen) atoms. The number of halogens is 2. The minimum Gasteiger partial charge on any atom is -0.495 e. The van der Waals surface area contributed by atoms with Gasteiger partial charge in [0.1, 0.15) is 11.4 Å². The fourth-order valence-corrected chi connectivity index (χ4v) is 3.85. The van der Waals surface area contributed by atoms with Crippen LogP contribution in [-0.4, -0.2) is 32.6 Å². The number of pyridine rings is 1. The SMILES string of the molecule is COc1ccc(-c2cccc(C(=O)Nc3ccc(Oc4cc(C)nc5ccnn45)c(F)c3)n2)cc1Cl. The first-order chi connectivity index (χ1) is 17.4. The Hall–Kier alpha value is -4.50. The lowest BCUT2D eigenvalue weighted by Gasteiger charge is -2.11. The van der Waals surface area contributed by atoms with Gasteiger partial charge in [0, 0.05) is 35.1 Å². The maximum absolute atomic E-state index is 14.8. The van der Waals surface area contributed by atoms with E-state index < -0.39 is 11.7 Å². The highest BCUT2D eigenvalue weighted by Gasteiger charge is 2.14. The average molecular weight is 504 g/mol. The zero-order chi connectivity index (χ0) is 25.2. The Morgan fingerprint density at radius 2 is 1.86 bits per heavy atom. The van der Waals surface area contributed by atoms with Gasteiger partial charge in [0.05, 0.1) is 24.0 Å². The summed E-state index contributed by atoms with van der Waals surface area (Å²) in [6, 6.07) is 17.8. The third-order valence-corrected chi connectivity index (χ3v) is 5.58. The van der Waals surface area contributed by atoms with Crippen LogP contribution >= 0.6 is 11.6 Å². The Balaban J connectivity index is 1.34. The summed E-state index contributed by atoms with van der Waals surface area (Å²) in [5, 5.41) is 7.24. The number of nitrogens with one attached hydrogen (secondary N) is 1. The quantitative estimate of drug-likeness (QED) is 0.308. The summed E-state index contributed by atoms with van der Waals surface area (Å²) < 4.78 is 27.2. The summed E-state index contributed by atoms with van der Waals surface area (Å²) in [7, 11) is 1.53. The molecule has 0 radical (unpaired) electrons. The number of aromatic nitrogens is 4. The minimum absolute atomic E-state index is 0.0214. The lowest BCUT2D eigenvalue weighted by molar-refractivity contribution is 0.102. The second-order valence-corrected chi connectivity index (χ2v) is 8.20. The maximum Gasteiger partial charge on any atom is 0.274 e. The second kappa shape index (κ2) is 9.63. The van der Waals surface area contributed by atoms with Crippen LogP contribution in [0.15, 0.2) is 72.9 Å². The van der Waals surface area contributed by atoms with E-state index in [0.29, 0.717) is 33.7 Å². The van der Waals surface area contributed by atoms with Crippen molar-refractivity contribution in [1.29, 1.82) is 0 Å². The van der Waals surface area contributed by atoms with Gasteiger partial charge in [-0.25, -0.2) is 14.4 Å². The number of aryl methyl sites for hydroxylation is 1. The lowest BCUT2D eigenvalue weighted by atomic mass is 10.1. The van der Waals surface area contributed by atoms with Crippen LogP contribution in [0.25, 0.3) is 16.9 Å². The highest BCUT2D eigenvalue weighted by Crippen LogP contribution is 2.30. The van der Waals surface area contributed by atoms with Gasteiger partial charge in [-0.05, 0) is 49.4 Å². The van der Waals surface area contributed by atoms with Gasteiger partial charge in [-0.15, -0.1) is 0 Å². The Labute approximate surface area is 210 Å². The number of benzene rings is 2. The molecule has 0 saturated heterocycles. The number of methoxy groups -OCH3 is 1. The molecule has 0 unspecified atom stereocenters. The van der Waals surface area contributed by atoms with Crippen LogP contribution in [0.5, 0.6) is 17.4 Å². The molecule has 0 aliphatic carbocycles. The van der Waals surface area contributed by atoms with Crippen LogP contribution < -0.4 is 14.8 Å². The van der Waals surface area contributed by atoms with Crippen molar-refractivity contribution in [2.24, 2.45) is 0 Å². The topological polar surface area (TPSA) is 90.6 Å². The molecule has 3 aromatic heterocycles. The fraction of sp³-hybridized carbons (Fsp3) is 0.0769. The van der Waals surface area contributed by atoms with E-state index >= 15 is 0 Å². The van der Waals surface area contributed by atoms with E-state index in [1.807, 2.05) is 0 Å². The van der Waals surface area contributed by atoms with Crippen molar-refractivity contribution in [1.82, 2.24) is 19.6 Å². The van der Waals surface area contributed by atoms with Gasteiger partial charge in [0.2, 0.25) is 5.88 Å². The van der Waals surface area contributed by atoms with Gasteiger partial charge < -0.3 is 14.8 Å². The molecular formula is C26H19ClFN5O3. The molecule has 0 atom stereocenters. The Bertz CT molecular complexity index is 1600. The third-order valence-electron chi connectivity index (χ3n) is 5.29. The molecule has 0 aliphatic rings. The van der Waals surface area contributed by atoms with Crippen molar-refractivity contribution in [2.45, 2.75) is 6.92 Å². The van der Waals surface area contributed by atoms with Gasteiger partial charge in [-0.2, -0.15) is 9.61 Å². The summed E-state index contributed by atoms with van der Waals surface area (Å²) >= 11 is 6.21. The first-order valence-corrected chi connectivity index (χ1v) is 11.2. The zero-order valence-electron chi connectivity index (χ0n) is 19.2. The number of carbonyl (C=O) groups excluding carboxylic acids is 1. The number of carbonyl (C=O) groups is 1. The number of amides is 1. The number of hydrogen-bond donors (Lipinski definition) is 1. The predicted molar refractivity (Wildman–Crippen MR) is 133 cm³/mol. The summed E-state index contributed by atoms with van der Waals surface area (Å²) in [5.74, 6) is -0.314. The van der Waals surface area contributed by atoms with Crippen LogP contribution in [0.3, 0.4) is 0 Å². The fourth-order valence-electron chi connectivity index (χ4n) is 3.59. The van der Waals surface area contributed by atoms with Crippen molar-refractivity contribution >= 4 is 28.8 Å². The summed E-state index contributed by atoms with van der Waals surface area (Å²) in [5.41, 5.74) is 2.98. The van der Waals surface area contributed by atoms with Gasteiger partial charge >= 0.3 is 0 Å². The molecule has 2 aromatic carbocycles. The largest absolute Gasteiger partial charge is 0.495 e. The Kier molecular flexibility index (Phi) is 6.22. The van der Waals surface area contributed by atoms with Crippen molar-refractivity contribution in [2.75, 3.05) is 12.4 Å². The molecule has 0 aliphatic heterocycles. The number of nitrogens with zero attached hydrogens (tertiary/aromatic N) is 4. The normalized spacial score (nSPS) is 10.9. The molecule has 10 heteroatoms. The lowest BCUT2D eigenvalue weighted by Crippen LogP contribution is -2.14. The van der Waals surface area contributed by atoms with Gasteiger partial charge in [-0.3, -0.25) is 4.79 Å². The van der Waals surface area contributed by atoms with Gasteiger partial charge in [0.15, 0.2) is 17.2 Å². The van der Waals surface area contributed by atoms with E-state index in [9.17, 15) is 9.18 Å². The standard InChI is InChI=1S/C26H19ClFN5O3/c1-15-12-25(33-24(30-15)10-11-29-33)36-23-9-7-17(14-19(23)28)31-26(34)21-5-3-4-20(32-21)16-6-8-22(35-2)18(27)13-16/h3-14H,1-2H3,(H,31,34). The Morgan fingerprint density at radius 1 is 1.03 bits per heavy atom. The average Bonchev–Trinajstić information content (AvgIpc) is 3.34. The van der Waals surface area contributed by atoms with Gasteiger partial charge in [0.25, 0.3) is 5.91 Å². The molecule has 0 saturated carbocycles. The predicted octanol–water partition coefficient (Wildman–Crippen LogP) is 5.95. The number of rotatable bonds is 6. The molecule has 0 fully saturated rings. The maximum atomic E-state index is 14.8. The molecule has 8 nitrogen and oxygen atoms in total. The van der Waals surface area contributed by atoms with Crippen molar-refractivity contribution in [3.8, 4) is 28.6 Å². The van der Waals surface area contributed by atoms with E-state index in [4.69, 9.17) is 21.1 Å². The molecule has 0 spiro atoms. The van der Waals surface area contributed by atoms with E-state index in [0.717, 1.165) is 5.56 Å². The molecule has 5 aromatic rings. The summed E-state index contributed by atoms with van der Waals surface area (Å²) in [4.78, 5) is 21.6. The van der Waals surface area contributed by atoms with Gasteiger partial charge in [-0.1, -0.05) is 17.7 Å². The third kappa shape index (κ3) is 4.69. The summed E-state index contributed by atoms with van der Waals surface area (Å²) in [6.07, 6.45) is 1.58. The van der Waals surface area contributed by atoms with Crippen molar-refractivity contribution in [3.05, 3.63) is 95.2 Å². The van der Waals surface area contributed by atoms with Crippen molar-refractivity contribution < 1.29 is 18.7 Å². The van der Waals surface area contributed by atoms with Crippen LogP contribution in [-0.2, 0) is 0 Å². The second-order valence-electron chi connectivity index (χ2n) is 7.80. The van der Waals surface area contributed by atoms with E-state index in [-0.39, 0.29) is 17.1 Å². The first kappa shape index (κ1) is 23.3. The molecule has 0 bridgehead atoms. The van der Waals surface area contributed by atoms with E-state index in [1.165, 1.54) is 29.8 Å². The number of anilines is 1. The van der Waals surface area contributed by atoms with Crippen LogP contribution in [0, 0.1) is 12.7 Å². The van der Waals surface area contributed by atoms with Crippen LogP contribution in [0.1, 0.15) is 16.2 Å². The number of hydrogen-bond acceptors (Lipinski definition) is 6. The first-order valence-electron chi connectivity index (χ1n) is 10.8. The van der Waals surface area contributed by atoms with Crippen LogP contribution in [0.4, 0.5) is 10.1 Å². The minimum atomic E-state index is -0.655. The number of fused-ring (bicyclic) bond motifs is 1. The Morgan fingerprint density at radius 3 is 2.64 bits per heavy atom. The molecule has 5 rings (SSSR count).